The van der Waals surface area contributed by atoms with Gasteiger partial charge in [-0.05, 0) is 12.1 Å². The molecule has 0 spiro atoms. The van der Waals surface area contributed by atoms with Crippen molar-refractivity contribution in [3.63, 3.8) is 0 Å². The van der Waals surface area contributed by atoms with Crippen molar-refractivity contribution in [2.75, 3.05) is 5.88 Å². The lowest BCUT2D eigenvalue weighted by atomic mass is 10.4. The summed E-state index contributed by atoms with van der Waals surface area (Å²) in [6.45, 7) is 0. The van der Waals surface area contributed by atoms with Crippen LogP contribution in [0.1, 0.15) is 0 Å². The second kappa shape index (κ2) is 4.27. The normalized spacial score (nSPS) is 12.6. The second-order valence-electron chi connectivity index (χ2n) is 2.72. The zero-order chi connectivity index (χ0) is 11.5. The van der Waals surface area contributed by atoms with Gasteiger partial charge in [-0.15, -0.1) is 5.14 Å². The van der Waals surface area contributed by atoms with Gasteiger partial charge in [0.2, 0.25) is 20.0 Å². The van der Waals surface area contributed by atoms with Crippen molar-refractivity contribution in [3.05, 3.63) is 30.3 Å². The standard InChI is InChI=1S/C7H9N2O4S2/c8-14(10,11)6-9-15(12,13)7-4-2-1-3-5-7/h1-5,8-9H,6H2. The molecular weight excluding hydrogens is 240 g/mol. The summed E-state index contributed by atoms with van der Waals surface area (Å²) in [6.07, 6.45) is 0. The number of nitrogens with one attached hydrogen (secondary N) is 2. The van der Waals surface area contributed by atoms with Gasteiger partial charge in [-0.25, -0.2) is 16.8 Å². The lowest BCUT2D eigenvalue weighted by Crippen LogP contribution is -2.29. The summed E-state index contributed by atoms with van der Waals surface area (Å²) in [5.74, 6) is -0.926. The maximum absolute atomic E-state index is 11.4. The fourth-order valence-corrected chi connectivity index (χ4v) is 2.76. The van der Waals surface area contributed by atoms with Gasteiger partial charge in [0.25, 0.3) is 0 Å². The van der Waals surface area contributed by atoms with Crippen LogP contribution in [-0.4, -0.2) is 22.7 Å². The van der Waals surface area contributed by atoms with Gasteiger partial charge in [0.05, 0.1) is 4.90 Å². The van der Waals surface area contributed by atoms with Crippen molar-refractivity contribution < 1.29 is 16.8 Å². The van der Waals surface area contributed by atoms with Crippen molar-refractivity contribution in [1.29, 1.82) is 0 Å². The van der Waals surface area contributed by atoms with Gasteiger partial charge in [-0.2, -0.15) is 4.72 Å². The topological polar surface area (TPSA) is 104 Å². The Kier molecular flexibility index (Phi) is 3.45. The summed E-state index contributed by atoms with van der Waals surface area (Å²) < 4.78 is 45.5. The first-order valence-electron chi connectivity index (χ1n) is 3.83. The van der Waals surface area contributed by atoms with Crippen LogP contribution in [0.4, 0.5) is 0 Å². The molecule has 0 aliphatic carbocycles. The van der Waals surface area contributed by atoms with Crippen LogP contribution >= 0.6 is 0 Å². The zero-order valence-electron chi connectivity index (χ0n) is 7.54. The quantitative estimate of drug-likeness (QED) is 0.779. The van der Waals surface area contributed by atoms with Crippen LogP contribution in [0.5, 0.6) is 0 Å². The molecule has 1 aromatic carbocycles. The Bertz CT molecular complexity index is 521. The minimum Gasteiger partial charge on any atom is -0.210 e. The molecule has 15 heavy (non-hydrogen) atoms. The maximum Gasteiger partial charge on any atom is 0.241 e. The first kappa shape index (κ1) is 12.1. The van der Waals surface area contributed by atoms with E-state index in [0.29, 0.717) is 0 Å². The lowest BCUT2D eigenvalue weighted by molar-refractivity contribution is 0.576. The van der Waals surface area contributed by atoms with E-state index in [0.717, 1.165) is 0 Å². The van der Waals surface area contributed by atoms with E-state index < -0.39 is 25.9 Å². The third kappa shape index (κ3) is 3.96. The van der Waals surface area contributed by atoms with Crippen molar-refractivity contribution >= 4 is 20.0 Å². The van der Waals surface area contributed by atoms with Crippen LogP contribution in [0.2, 0.25) is 0 Å². The molecule has 0 bridgehead atoms. The third-order valence-corrected chi connectivity index (χ3v) is 3.62. The Hall–Kier alpha value is -0.960. The summed E-state index contributed by atoms with van der Waals surface area (Å²) in [5.41, 5.74) is 0. The molecule has 0 atom stereocenters. The van der Waals surface area contributed by atoms with Gasteiger partial charge in [-0.3, -0.25) is 0 Å². The van der Waals surface area contributed by atoms with Crippen molar-refractivity contribution in [1.82, 2.24) is 9.86 Å². The van der Waals surface area contributed by atoms with Crippen LogP contribution in [0.25, 0.3) is 0 Å². The predicted molar refractivity (Wildman–Crippen MR) is 53.6 cm³/mol. The number of sulfonamides is 2. The highest BCUT2D eigenvalue weighted by atomic mass is 32.2. The van der Waals surface area contributed by atoms with Crippen LogP contribution < -0.4 is 9.86 Å². The lowest BCUT2D eigenvalue weighted by Gasteiger charge is -2.04. The van der Waals surface area contributed by atoms with Gasteiger partial charge in [0.15, 0.2) is 0 Å². The van der Waals surface area contributed by atoms with E-state index in [1.807, 2.05) is 4.72 Å². The summed E-state index contributed by atoms with van der Waals surface area (Å²) in [6, 6.07) is 7.34. The van der Waals surface area contributed by atoms with E-state index in [4.69, 9.17) is 5.14 Å². The Morgan fingerprint density at radius 3 is 2.07 bits per heavy atom. The van der Waals surface area contributed by atoms with Gasteiger partial charge in [-0.1, -0.05) is 18.2 Å². The minimum absolute atomic E-state index is 0.0337. The third-order valence-electron chi connectivity index (χ3n) is 1.49. The summed E-state index contributed by atoms with van der Waals surface area (Å²) in [5, 5.41) is 6.52. The molecule has 8 heteroatoms. The molecule has 0 amide bonds. The Labute approximate surface area is 88.2 Å². The van der Waals surface area contributed by atoms with Gasteiger partial charge in [0.1, 0.15) is 5.88 Å². The highest BCUT2D eigenvalue weighted by molar-refractivity contribution is 7.92. The molecule has 0 aliphatic rings. The monoisotopic (exact) mass is 249 g/mol. The maximum atomic E-state index is 11.4. The second-order valence-corrected chi connectivity index (χ2v) is 6.01. The molecule has 6 nitrogen and oxygen atoms in total. The van der Waals surface area contributed by atoms with Crippen LogP contribution in [0.3, 0.4) is 0 Å². The number of hydrogen-bond acceptors (Lipinski definition) is 4. The molecule has 2 N–H and O–H groups in total. The van der Waals surface area contributed by atoms with Crippen LogP contribution in [0, 0.1) is 0 Å². The largest absolute Gasteiger partial charge is 0.241 e. The highest BCUT2D eigenvalue weighted by Crippen LogP contribution is 2.06. The minimum atomic E-state index is -4.11. The van der Waals surface area contributed by atoms with Crippen LogP contribution in [0.15, 0.2) is 35.2 Å². The first-order chi connectivity index (χ1) is 6.81. The Morgan fingerprint density at radius 2 is 1.60 bits per heavy atom. The van der Waals surface area contributed by atoms with E-state index in [2.05, 4.69) is 0 Å². The molecule has 1 rings (SSSR count). The smallest absolute Gasteiger partial charge is 0.210 e. The average Bonchev–Trinajstić information content (AvgIpc) is 2.16. The SMILES string of the molecule is [NH]S(=O)(=O)CNS(=O)(=O)c1ccccc1. The van der Waals surface area contributed by atoms with E-state index in [-0.39, 0.29) is 4.90 Å². The van der Waals surface area contributed by atoms with E-state index in [1.54, 1.807) is 6.07 Å². The molecule has 83 valence electrons. The fourth-order valence-electron chi connectivity index (χ4n) is 0.838. The van der Waals surface area contributed by atoms with Gasteiger partial charge >= 0.3 is 0 Å². The summed E-state index contributed by atoms with van der Waals surface area (Å²) in [4.78, 5) is -0.0337. The molecule has 0 saturated carbocycles. The van der Waals surface area contributed by atoms with Crippen LogP contribution in [-0.2, 0) is 20.0 Å². The summed E-state index contributed by atoms with van der Waals surface area (Å²) in [7, 11) is -7.95. The number of benzene rings is 1. The van der Waals surface area contributed by atoms with Gasteiger partial charge in [0, 0.05) is 0 Å². The van der Waals surface area contributed by atoms with E-state index >= 15 is 0 Å². The van der Waals surface area contributed by atoms with Crippen molar-refractivity contribution in [2.45, 2.75) is 4.90 Å². The van der Waals surface area contributed by atoms with Crippen molar-refractivity contribution in [3.8, 4) is 0 Å². The molecule has 0 saturated heterocycles. The van der Waals surface area contributed by atoms with E-state index in [9.17, 15) is 16.8 Å². The molecule has 1 aromatic rings. The number of rotatable bonds is 4. The molecule has 0 aromatic heterocycles. The zero-order valence-corrected chi connectivity index (χ0v) is 9.18. The molecular formula is C7H9N2O4S2. The molecule has 1 radical (unpaired) electrons. The molecule has 0 heterocycles. The molecule has 0 aliphatic heterocycles. The number of hydrogen-bond donors (Lipinski definition) is 1. The highest BCUT2D eigenvalue weighted by Gasteiger charge is 2.15. The fraction of sp³-hybridized carbons (Fsp3) is 0.143. The van der Waals surface area contributed by atoms with Gasteiger partial charge < -0.3 is 0 Å². The summed E-state index contributed by atoms with van der Waals surface area (Å²) >= 11 is 0. The first-order valence-corrected chi connectivity index (χ1v) is 6.97. The van der Waals surface area contributed by atoms with E-state index in [1.165, 1.54) is 24.3 Å². The average molecular weight is 249 g/mol. The Morgan fingerprint density at radius 1 is 1.07 bits per heavy atom. The van der Waals surface area contributed by atoms with Crippen molar-refractivity contribution in [2.24, 2.45) is 0 Å². The Balaban J connectivity index is 2.87. The molecule has 0 unspecified atom stereocenters. The predicted octanol–water partition coefficient (Wildman–Crippen LogP) is -0.465. The molecule has 0 fully saturated rings.